The van der Waals surface area contributed by atoms with Gasteiger partial charge in [0.25, 0.3) is 5.91 Å². The van der Waals surface area contributed by atoms with Crippen molar-refractivity contribution in [1.29, 1.82) is 0 Å². The minimum atomic E-state index is -0.565. The number of aromatic nitrogens is 2. The van der Waals surface area contributed by atoms with Crippen molar-refractivity contribution in [1.82, 2.24) is 15.0 Å². The van der Waals surface area contributed by atoms with Crippen LogP contribution in [0.15, 0.2) is 84.9 Å². The van der Waals surface area contributed by atoms with E-state index in [-0.39, 0.29) is 0 Å². The zero-order valence-corrected chi connectivity index (χ0v) is 16.7. The Morgan fingerprint density at radius 3 is 2.63 bits per heavy atom. The van der Waals surface area contributed by atoms with E-state index in [1.54, 1.807) is 11.6 Å². The van der Waals surface area contributed by atoms with Gasteiger partial charge in [0.15, 0.2) is 0 Å². The summed E-state index contributed by atoms with van der Waals surface area (Å²) in [6.45, 7) is 3.02. The van der Waals surface area contributed by atoms with E-state index in [9.17, 15) is 4.79 Å². The highest BCUT2D eigenvalue weighted by Gasteiger charge is 2.16. The third-order valence-electron chi connectivity index (χ3n) is 5.16. The van der Waals surface area contributed by atoms with Gasteiger partial charge in [0, 0.05) is 18.2 Å². The Morgan fingerprint density at radius 2 is 1.83 bits per heavy atom. The molecule has 5 nitrogen and oxygen atoms in total. The molecule has 1 heterocycles. The second kappa shape index (κ2) is 8.76. The minimum Gasteiger partial charge on any atom is -0.323 e. The lowest BCUT2D eigenvalue weighted by atomic mass is 10.0. The second-order valence-electron chi connectivity index (χ2n) is 7.28. The average molecular weight is 397 g/mol. The van der Waals surface area contributed by atoms with Crippen molar-refractivity contribution in [3.05, 3.63) is 96.1 Å². The van der Waals surface area contributed by atoms with E-state index >= 15 is 0 Å². The van der Waals surface area contributed by atoms with Crippen LogP contribution in [0.5, 0.6) is 0 Å². The number of hydrogen-bond acceptors (Lipinski definition) is 3. The predicted molar refractivity (Wildman–Crippen MR) is 119 cm³/mol. The van der Waals surface area contributed by atoms with Gasteiger partial charge in [0.2, 0.25) is 0 Å². The fourth-order valence-corrected chi connectivity index (χ4v) is 3.63. The van der Waals surface area contributed by atoms with Gasteiger partial charge in [-0.1, -0.05) is 67.6 Å². The highest BCUT2D eigenvalue weighted by atomic mass is 16.5. The molecular formula is C25H23N3O2. The zero-order chi connectivity index (χ0) is 20.9. The summed E-state index contributed by atoms with van der Waals surface area (Å²) in [6.07, 6.45) is 2.95. The summed E-state index contributed by atoms with van der Waals surface area (Å²) in [5.74, 6) is 0.643. The first kappa shape index (κ1) is 19.6. The molecule has 4 rings (SSSR count). The third-order valence-corrected chi connectivity index (χ3v) is 5.16. The Kier molecular flexibility index (Phi) is 5.72. The fourth-order valence-electron chi connectivity index (χ4n) is 3.63. The van der Waals surface area contributed by atoms with E-state index < -0.39 is 5.91 Å². The molecule has 0 saturated heterocycles. The zero-order valence-electron chi connectivity index (χ0n) is 16.7. The van der Waals surface area contributed by atoms with Gasteiger partial charge in [-0.15, -0.1) is 0 Å². The Labute approximate surface area is 175 Å². The maximum atomic E-state index is 11.3. The van der Waals surface area contributed by atoms with Crippen LogP contribution in [0.3, 0.4) is 0 Å². The molecule has 0 saturated carbocycles. The normalized spacial score (nSPS) is 12.3. The monoisotopic (exact) mass is 397 g/mol. The molecule has 0 aliphatic heterocycles. The van der Waals surface area contributed by atoms with Crippen molar-refractivity contribution < 1.29 is 10.0 Å². The molecule has 150 valence electrons. The fraction of sp³-hybridized carbons (Fsp3) is 0.120. The molecular weight excluding hydrogens is 374 g/mol. The molecule has 1 aromatic heterocycles. The van der Waals surface area contributed by atoms with Gasteiger partial charge in [-0.05, 0) is 41.3 Å². The number of hydroxylamine groups is 1. The SMILES string of the molecule is C[C@H](Cn1c(-c2cccc(/C=C/C(=O)NO)c2)nc2ccccc21)c1ccccc1. The lowest BCUT2D eigenvalue weighted by Gasteiger charge is -2.16. The number of amides is 1. The molecule has 30 heavy (non-hydrogen) atoms. The number of nitrogens with one attached hydrogen (secondary N) is 1. The van der Waals surface area contributed by atoms with Gasteiger partial charge in [-0.25, -0.2) is 10.5 Å². The first-order chi connectivity index (χ1) is 14.7. The van der Waals surface area contributed by atoms with Crippen LogP contribution in [0, 0.1) is 0 Å². The van der Waals surface area contributed by atoms with Crippen molar-refractivity contribution in [3.63, 3.8) is 0 Å². The Bertz CT molecular complexity index is 1200. The van der Waals surface area contributed by atoms with E-state index in [0.717, 1.165) is 34.5 Å². The summed E-state index contributed by atoms with van der Waals surface area (Å²) < 4.78 is 2.26. The van der Waals surface area contributed by atoms with Crippen molar-refractivity contribution in [2.24, 2.45) is 0 Å². The van der Waals surface area contributed by atoms with Crippen molar-refractivity contribution in [3.8, 4) is 11.4 Å². The lowest BCUT2D eigenvalue weighted by molar-refractivity contribution is -0.124. The van der Waals surface area contributed by atoms with Crippen LogP contribution in [0.4, 0.5) is 0 Å². The molecule has 2 N–H and O–H groups in total. The number of imidazole rings is 1. The second-order valence-corrected chi connectivity index (χ2v) is 7.28. The van der Waals surface area contributed by atoms with E-state index in [1.807, 2.05) is 48.5 Å². The Balaban J connectivity index is 1.75. The van der Waals surface area contributed by atoms with Crippen LogP contribution in [0.25, 0.3) is 28.5 Å². The first-order valence-electron chi connectivity index (χ1n) is 9.88. The van der Waals surface area contributed by atoms with Gasteiger partial charge in [-0.2, -0.15) is 0 Å². The largest absolute Gasteiger partial charge is 0.323 e. The topological polar surface area (TPSA) is 67.2 Å². The number of fused-ring (bicyclic) bond motifs is 1. The van der Waals surface area contributed by atoms with Crippen LogP contribution < -0.4 is 5.48 Å². The molecule has 0 fully saturated rings. The standard InChI is InChI=1S/C25H23N3O2/c1-18(20-9-3-2-4-10-20)17-28-23-13-6-5-12-22(23)26-25(28)21-11-7-8-19(16-21)14-15-24(29)27-30/h2-16,18,30H,17H2,1H3,(H,27,29)/b15-14+/t18-/m1/s1. The summed E-state index contributed by atoms with van der Waals surface area (Å²) >= 11 is 0. The molecule has 1 amide bonds. The van der Waals surface area contributed by atoms with E-state index in [0.29, 0.717) is 5.92 Å². The minimum absolute atomic E-state index is 0.318. The number of nitrogens with zero attached hydrogens (tertiary/aromatic N) is 2. The molecule has 3 aromatic carbocycles. The van der Waals surface area contributed by atoms with Crippen LogP contribution >= 0.6 is 0 Å². The number of carbonyl (C=O) groups is 1. The molecule has 0 spiro atoms. The highest BCUT2D eigenvalue weighted by molar-refractivity contribution is 5.91. The van der Waals surface area contributed by atoms with E-state index in [4.69, 9.17) is 10.2 Å². The van der Waals surface area contributed by atoms with Gasteiger partial charge in [-0.3, -0.25) is 10.0 Å². The van der Waals surface area contributed by atoms with Crippen LogP contribution in [-0.4, -0.2) is 20.7 Å². The maximum Gasteiger partial charge on any atom is 0.267 e. The number of rotatable bonds is 6. The van der Waals surface area contributed by atoms with Crippen molar-refractivity contribution >= 4 is 23.0 Å². The quantitative estimate of drug-likeness (QED) is 0.273. The maximum absolute atomic E-state index is 11.3. The predicted octanol–water partition coefficient (Wildman–Crippen LogP) is 5.03. The Hall–Kier alpha value is -3.70. The van der Waals surface area contributed by atoms with Gasteiger partial charge in [0.05, 0.1) is 11.0 Å². The summed E-state index contributed by atoms with van der Waals surface area (Å²) in [5, 5.41) is 8.68. The molecule has 0 unspecified atom stereocenters. The number of hydrogen-bond donors (Lipinski definition) is 2. The lowest BCUT2D eigenvalue weighted by Crippen LogP contribution is -2.14. The molecule has 1 atom stereocenters. The Morgan fingerprint density at radius 1 is 1.07 bits per heavy atom. The van der Waals surface area contributed by atoms with Crippen LogP contribution in [0.1, 0.15) is 24.0 Å². The molecule has 4 aromatic rings. The molecule has 0 radical (unpaired) electrons. The van der Waals surface area contributed by atoms with Crippen LogP contribution in [-0.2, 0) is 11.3 Å². The highest BCUT2D eigenvalue weighted by Crippen LogP contribution is 2.29. The molecule has 0 aliphatic rings. The number of carbonyl (C=O) groups excluding carboxylic acids is 1. The summed E-state index contributed by atoms with van der Waals surface area (Å²) in [5.41, 5.74) is 6.76. The smallest absolute Gasteiger partial charge is 0.267 e. The summed E-state index contributed by atoms with van der Waals surface area (Å²) in [7, 11) is 0. The summed E-state index contributed by atoms with van der Waals surface area (Å²) in [6, 6.07) is 26.5. The van der Waals surface area contributed by atoms with Crippen molar-refractivity contribution in [2.75, 3.05) is 0 Å². The summed E-state index contributed by atoms with van der Waals surface area (Å²) in [4.78, 5) is 16.2. The number of benzene rings is 3. The number of para-hydroxylation sites is 2. The van der Waals surface area contributed by atoms with Crippen LogP contribution in [0.2, 0.25) is 0 Å². The molecule has 0 bridgehead atoms. The van der Waals surface area contributed by atoms with E-state index in [1.165, 1.54) is 11.6 Å². The van der Waals surface area contributed by atoms with Crippen molar-refractivity contribution in [2.45, 2.75) is 19.4 Å². The van der Waals surface area contributed by atoms with Gasteiger partial charge < -0.3 is 4.57 Å². The average Bonchev–Trinajstić information content (AvgIpc) is 3.16. The first-order valence-corrected chi connectivity index (χ1v) is 9.88. The van der Waals surface area contributed by atoms with Gasteiger partial charge in [0.1, 0.15) is 5.82 Å². The van der Waals surface area contributed by atoms with E-state index in [2.05, 4.69) is 41.8 Å². The third kappa shape index (κ3) is 4.16. The molecule has 5 heteroatoms. The molecule has 0 aliphatic carbocycles. The van der Waals surface area contributed by atoms with Gasteiger partial charge >= 0.3 is 0 Å².